The summed E-state index contributed by atoms with van der Waals surface area (Å²) >= 11 is 0. The van der Waals surface area contributed by atoms with Gasteiger partial charge in [0, 0.05) is 5.56 Å². The quantitative estimate of drug-likeness (QED) is 0.537. The van der Waals surface area contributed by atoms with Gasteiger partial charge in [0.05, 0.1) is 38.0 Å². The zero-order valence-electron chi connectivity index (χ0n) is 17.8. The Balaban J connectivity index is 1.91. The van der Waals surface area contributed by atoms with Crippen LogP contribution < -0.4 is 24.7 Å². The molecule has 1 aromatic heterocycles. The van der Waals surface area contributed by atoms with Gasteiger partial charge in [-0.25, -0.2) is 0 Å². The number of ether oxygens (including phenoxy) is 4. The van der Waals surface area contributed by atoms with Gasteiger partial charge in [-0.15, -0.1) is 5.10 Å². The minimum Gasteiger partial charge on any atom is -0.504 e. The Morgan fingerprint density at radius 1 is 1.16 bits per heavy atom. The fraction of sp³-hybridized carbons (Fsp3) is 0.217. The molecule has 164 valence electrons. The standard InChI is InChI=1S/C23H22N4O5/c1-4-31-16-8-6-13(10-18(16)30-3)21-20-19(12-5-7-15(28)17(9-12)29-2)14(11-24)22(25)32-23(20)27-26-21/h5-10,19,28H,4,25H2,1-3H3,(H,26,27)/t19-/m0/s1. The van der Waals surface area contributed by atoms with Gasteiger partial charge in [0.1, 0.15) is 11.6 Å². The third kappa shape index (κ3) is 3.41. The van der Waals surface area contributed by atoms with Crippen molar-refractivity contribution in [2.75, 3.05) is 20.8 Å². The van der Waals surface area contributed by atoms with E-state index in [2.05, 4.69) is 16.3 Å². The summed E-state index contributed by atoms with van der Waals surface area (Å²) in [6.45, 7) is 2.40. The topological polar surface area (TPSA) is 136 Å². The predicted octanol–water partition coefficient (Wildman–Crippen LogP) is 3.42. The second-order valence-electron chi connectivity index (χ2n) is 6.97. The lowest BCUT2D eigenvalue weighted by Crippen LogP contribution is -2.21. The molecule has 9 heteroatoms. The lowest BCUT2D eigenvalue weighted by Gasteiger charge is -2.24. The number of nitriles is 1. The number of aromatic hydroxyl groups is 1. The van der Waals surface area contributed by atoms with Crippen molar-refractivity contribution in [2.24, 2.45) is 5.73 Å². The molecule has 0 amide bonds. The number of phenols is 1. The number of methoxy groups -OCH3 is 2. The van der Waals surface area contributed by atoms with E-state index in [1.54, 1.807) is 19.2 Å². The van der Waals surface area contributed by atoms with Crippen molar-refractivity contribution in [3.05, 3.63) is 59.0 Å². The maximum atomic E-state index is 10.0. The van der Waals surface area contributed by atoms with Crippen molar-refractivity contribution >= 4 is 0 Å². The SMILES string of the molecule is CCOc1ccc(-c2[nH]nc3c2[C@@H](c2ccc(O)c(OC)c2)C(C#N)=C(N)O3)cc1OC. The first-order valence-electron chi connectivity index (χ1n) is 9.86. The summed E-state index contributed by atoms with van der Waals surface area (Å²) in [5.41, 5.74) is 8.99. The van der Waals surface area contributed by atoms with Crippen LogP contribution in [-0.4, -0.2) is 36.1 Å². The number of aromatic amines is 1. The number of nitrogens with zero attached hydrogens (tertiary/aromatic N) is 2. The van der Waals surface area contributed by atoms with Crippen LogP contribution in [0.15, 0.2) is 47.9 Å². The molecule has 0 spiro atoms. The molecule has 0 bridgehead atoms. The average molecular weight is 434 g/mol. The largest absolute Gasteiger partial charge is 0.504 e. The van der Waals surface area contributed by atoms with Gasteiger partial charge in [-0.1, -0.05) is 6.07 Å². The van der Waals surface area contributed by atoms with Crippen LogP contribution in [0, 0.1) is 11.3 Å². The van der Waals surface area contributed by atoms with Crippen LogP contribution in [0.25, 0.3) is 11.3 Å². The molecule has 2 aromatic carbocycles. The molecule has 0 unspecified atom stereocenters. The van der Waals surface area contributed by atoms with E-state index in [-0.39, 0.29) is 28.8 Å². The molecule has 9 nitrogen and oxygen atoms in total. The molecule has 0 saturated heterocycles. The van der Waals surface area contributed by atoms with Crippen LogP contribution in [0.2, 0.25) is 0 Å². The lowest BCUT2D eigenvalue weighted by molar-refractivity contribution is 0.311. The number of allylic oxidation sites excluding steroid dienone is 1. The molecule has 4 N–H and O–H groups in total. The summed E-state index contributed by atoms with van der Waals surface area (Å²) in [4.78, 5) is 0. The molecular formula is C23H22N4O5. The first-order valence-corrected chi connectivity index (χ1v) is 9.86. The van der Waals surface area contributed by atoms with E-state index < -0.39 is 5.92 Å². The first kappa shape index (κ1) is 20.9. The maximum Gasteiger partial charge on any atom is 0.244 e. The van der Waals surface area contributed by atoms with Gasteiger partial charge in [-0.3, -0.25) is 5.10 Å². The summed E-state index contributed by atoms with van der Waals surface area (Å²) in [6, 6.07) is 12.5. The molecule has 4 rings (SSSR count). The van der Waals surface area contributed by atoms with Crippen LogP contribution in [-0.2, 0) is 0 Å². The third-order valence-corrected chi connectivity index (χ3v) is 5.23. The lowest BCUT2D eigenvalue weighted by atomic mass is 9.83. The van der Waals surface area contributed by atoms with Gasteiger partial charge < -0.3 is 29.8 Å². The molecule has 0 aliphatic carbocycles. The molecule has 1 aliphatic heterocycles. The van der Waals surface area contributed by atoms with Gasteiger partial charge in [0.25, 0.3) is 0 Å². The maximum absolute atomic E-state index is 10.0. The number of fused-ring (bicyclic) bond motifs is 1. The number of hydrogen-bond donors (Lipinski definition) is 3. The molecule has 1 atom stereocenters. The van der Waals surface area contributed by atoms with E-state index in [1.165, 1.54) is 13.2 Å². The minimum atomic E-state index is -0.593. The van der Waals surface area contributed by atoms with Gasteiger partial charge in [0.2, 0.25) is 11.8 Å². The van der Waals surface area contributed by atoms with Crippen molar-refractivity contribution in [2.45, 2.75) is 12.8 Å². The number of hydrogen-bond acceptors (Lipinski definition) is 8. The highest BCUT2D eigenvalue weighted by Crippen LogP contribution is 2.47. The number of nitrogens with two attached hydrogens (primary N) is 1. The van der Waals surface area contributed by atoms with E-state index >= 15 is 0 Å². The molecule has 32 heavy (non-hydrogen) atoms. The second-order valence-corrected chi connectivity index (χ2v) is 6.97. The Labute approximate surface area is 184 Å². The summed E-state index contributed by atoms with van der Waals surface area (Å²) in [5, 5.41) is 27.2. The zero-order valence-corrected chi connectivity index (χ0v) is 17.8. The number of phenolic OH excluding ortho intramolecular Hbond substituents is 1. The Morgan fingerprint density at radius 3 is 2.62 bits per heavy atom. The highest BCUT2D eigenvalue weighted by molar-refractivity contribution is 5.73. The van der Waals surface area contributed by atoms with Crippen molar-refractivity contribution in [1.29, 1.82) is 5.26 Å². The Kier molecular flexibility index (Phi) is 5.52. The van der Waals surface area contributed by atoms with Crippen molar-refractivity contribution < 1.29 is 24.1 Å². The summed E-state index contributed by atoms with van der Waals surface area (Å²) in [6.07, 6.45) is 0. The summed E-state index contributed by atoms with van der Waals surface area (Å²) < 4.78 is 22.0. The highest BCUT2D eigenvalue weighted by atomic mass is 16.5. The van der Waals surface area contributed by atoms with Crippen molar-refractivity contribution in [1.82, 2.24) is 10.2 Å². The third-order valence-electron chi connectivity index (χ3n) is 5.23. The van der Waals surface area contributed by atoms with Crippen molar-refractivity contribution in [3.8, 4) is 46.2 Å². The van der Waals surface area contributed by atoms with Crippen LogP contribution in [0.3, 0.4) is 0 Å². The van der Waals surface area contributed by atoms with E-state index in [1.807, 2.05) is 25.1 Å². The number of nitrogens with one attached hydrogen (secondary N) is 1. The van der Waals surface area contributed by atoms with Gasteiger partial charge in [-0.05, 0) is 42.8 Å². The number of benzene rings is 2. The zero-order chi connectivity index (χ0) is 22.8. The number of rotatable bonds is 6. The fourth-order valence-corrected chi connectivity index (χ4v) is 3.77. The first-order chi connectivity index (χ1) is 15.5. The normalized spacial score (nSPS) is 14.9. The summed E-state index contributed by atoms with van der Waals surface area (Å²) in [5.74, 6) is 1.08. The Morgan fingerprint density at radius 2 is 1.94 bits per heavy atom. The Bertz CT molecular complexity index is 1240. The van der Waals surface area contributed by atoms with Gasteiger partial charge in [0.15, 0.2) is 23.0 Å². The molecule has 1 aliphatic rings. The minimum absolute atomic E-state index is 0.0114. The monoisotopic (exact) mass is 434 g/mol. The number of aromatic nitrogens is 2. The van der Waals surface area contributed by atoms with Gasteiger partial charge in [-0.2, -0.15) is 5.26 Å². The second kappa shape index (κ2) is 8.43. The number of H-pyrrole nitrogens is 1. The highest BCUT2D eigenvalue weighted by Gasteiger charge is 2.36. The molecular weight excluding hydrogens is 412 g/mol. The smallest absolute Gasteiger partial charge is 0.244 e. The van der Waals surface area contributed by atoms with E-state index in [0.717, 1.165) is 5.56 Å². The van der Waals surface area contributed by atoms with Crippen LogP contribution in [0.5, 0.6) is 28.9 Å². The van der Waals surface area contributed by atoms with E-state index in [9.17, 15) is 10.4 Å². The van der Waals surface area contributed by atoms with Gasteiger partial charge >= 0.3 is 0 Å². The average Bonchev–Trinajstić information content (AvgIpc) is 3.22. The molecule has 2 heterocycles. The van der Waals surface area contributed by atoms with E-state index in [4.69, 9.17) is 24.7 Å². The van der Waals surface area contributed by atoms with Crippen LogP contribution in [0.4, 0.5) is 0 Å². The van der Waals surface area contributed by atoms with Crippen LogP contribution in [0.1, 0.15) is 24.0 Å². The predicted molar refractivity (Wildman–Crippen MR) is 116 cm³/mol. The molecule has 0 fully saturated rings. The summed E-state index contributed by atoms with van der Waals surface area (Å²) in [7, 11) is 3.02. The molecule has 3 aromatic rings. The van der Waals surface area contributed by atoms with E-state index in [0.29, 0.717) is 34.9 Å². The fourth-order valence-electron chi connectivity index (χ4n) is 3.77. The molecule has 0 saturated carbocycles. The Hall–Kier alpha value is -4.32. The van der Waals surface area contributed by atoms with Crippen molar-refractivity contribution in [3.63, 3.8) is 0 Å². The van der Waals surface area contributed by atoms with Crippen LogP contribution >= 0.6 is 0 Å². The molecule has 0 radical (unpaired) electrons.